The number of rotatable bonds is 1. The number of carbonyl (C=O) groups excluding carboxylic acids is 1. The molecule has 2 aliphatic heterocycles. The Bertz CT molecular complexity index is 427. The first-order valence-corrected chi connectivity index (χ1v) is 5.36. The Kier molecular flexibility index (Phi) is 2.29. The highest BCUT2D eigenvalue weighted by molar-refractivity contribution is 5.79. The third kappa shape index (κ3) is 1.65. The van der Waals surface area contributed by atoms with E-state index >= 15 is 0 Å². The number of hydrogen-bond acceptors (Lipinski definition) is 4. The van der Waals surface area contributed by atoms with Gasteiger partial charge in [0.25, 0.3) is 0 Å². The topological polar surface area (TPSA) is 44.8 Å². The number of benzene rings is 1. The fourth-order valence-electron chi connectivity index (χ4n) is 2.01. The normalized spacial score (nSPS) is 23.5. The standard InChI is InChI=1S/C12H12O4/c13-9-3-4-14-11(6-9)8-1-2-10-12(5-8)16-7-15-10/h1-2,5,11H,3-4,6-7H2. The van der Waals surface area contributed by atoms with Gasteiger partial charge in [0.1, 0.15) is 5.78 Å². The zero-order chi connectivity index (χ0) is 11.0. The summed E-state index contributed by atoms with van der Waals surface area (Å²) in [5.41, 5.74) is 0.984. The summed E-state index contributed by atoms with van der Waals surface area (Å²) in [5, 5.41) is 0. The summed E-state index contributed by atoms with van der Waals surface area (Å²) >= 11 is 0. The predicted molar refractivity (Wildman–Crippen MR) is 55.5 cm³/mol. The van der Waals surface area contributed by atoms with Crippen LogP contribution >= 0.6 is 0 Å². The van der Waals surface area contributed by atoms with E-state index in [0.29, 0.717) is 19.4 Å². The summed E-state index contributed by atoms with van der Waals surface area (Å²) in [7, 11) is 0. The maximum absolute atomic E-state index is 11.3. The summed E-state index contributed by atoms with van der Waals surface area (Å²) in [4.78, 5) is 11.3. The molecule has 0 radical (unpaired) electrons. The van der Waals surface area contributed by atoms with Crippen LogP contribution in [0.4, 0.5) is 0 Å². The van der Waals surface area contributed by atoms with Gasteiger partial charge in [-0.05, 0) is 17.7 Å². The second-order valence-corrected chi connectivity index (χ2v) is 3.96. The smallest absolute Gasteiger partial charge is 0.231 e. The Hall–Kier alpha value is -1.55. The quantitative estimate of drug-likeness (QED) is 0.724. The summed E-state index contributed by atoms with van der Waals surface area (Å²) in [5.74, 6) is 1.75. The van der Waals surface area contributed by atoms with Gasteiger partial charge in [-0.3, -0.25) is 4.79 Å². The van der Waals surface area contributed by atoms with Gasteiger partial charge in [-0.15, -0.1) is 0 Å². The third-order valence-corrected chi connectivity index (χ3v) is 2.88. The van der Waals surface area contributed by atoms with Crippen molar-refractivity contribution in [3.63, 3.8) is 0 Å². The minimum absolute atomic E-state index is 0.129. The van der Waals surface area contributed by atoms with Crippen molar-refractivity contribution in [3.8, 4) is 11.5 Å². The Morgan fingerprint density at radius 3 is 2.94 bits per heavy atom. The van der Waals surface area contributed by atoms with Gasteiger partial charge in [0.05, 0.1) is 12.7 Å². The Labute approximate surface area is 93.1 Å². The van der Waals surface area contributed by atoms with E-state index in [1.165, 1.54) is 0 Å². The van der Waals surface area contributed by atoms with E-state index in [1.807, 2.05) is 18.2 Å². The lowest BCUT2D eigenvalue weighted by molar-refractivity contribution is -0.128. The fraction of sp³-hybridized carbons (Fsp3) is 0.417. The molecular weight excluding hydrogens is 208 g/mol. The van der Waals surface area contributed by atoms with Crippen molar-refractivity contribution >= 4 is 5.78 Å². The van der Waals surface area contributed by atoms with E-state index in [4.69, 9.17) is 14.2 Å². The molecule has 0 amide bonds. The highest BCUT2D eigenvalue weighted by Crippen LogP contribution is 2.36. The molecule has 0 saturated carbocycles. The van der Waals surface area contributed by atoms with Crippen LogP contribution in [0, 0.1) is 0 Å². The van der Waals surface area contributed by atoms with Gasteiger partial charge in [-0.25, -0.2) is 0 Å². The molecule has 2 aliphatic rings. The van der Waals surface area contributed by atoms with Crippen LogP contribution in [0.5, 0.6) is 11.5 Å². The molecule has 4 heteroatoms. The maximum atomic E-state index is 11.3. The monoisotopic (exact) mass is 220 g/mol. The molecule has 3 rings (SSSR count). The third-order valence-electron chi connectivity index (χ3n) is 2.88. The molecule has 0 aliphatic carbocycles. The minimum atomic E-state index is -0.129. The average Bonchev–Trinajstić information content (AvgIpc) is 2.75. The van der Waals surface area contributed by atoms with Crippen molar-refractivity contribution in [2.24, 2.45) is 0 Å². The molecule has 0 aromatic heterocycles. The van der Waals surface area contributed by atoms with Gasteiger partial charge in [0.15, 0.2) is 11.5 Å². The summed E-state index contributed by atoms with van der Waals surface area (Å²) < 4.78 is 16.1. The van der Waals surface area contributed by atoms with E-state index in [9.17, 15) is 4.79 Å². The zero-order valence-corrected chi connectivity index (χ0v) is 8.77. The first-order valence-electron chi connectivity index (χ1n) is 5.36. The molecule has 0 bridgehead atoms. The number of carbonyl (C=O) groups is 1. The van der Waals surface area contributed by atoms with Crippen LogP contribution in [0.1, 0.15) is 24.5 Å². The number of ketones is 1. The zero-order valence-electron chi connectivity index (χ0n) is 8.77. The molecule has 0 spiro atoms. The van der Waals surface area contributed by atoms with Gasteiger partial charge < -0.3 is 14.2 Å². The van der Waals surface area contributed by atoms with Gasteiger partial charge in [-0.1, -0.05) is 6.07 Å². The highest BCUT2D eigenvalue weighted by Gasteiger charge is 2.23. The van der Waals surface area contributed by atoms with Crippen LogP contribution in [-0.2, 0) is 9.53 Å². The molecular formula is C12H12O4. The van der Waals surface area contributed by atoms with Gasteiger partial charge in [-0.2, -0.15) is 0 Å². The van der Waals surface area contributed by atoms with E-state index in [2.05, 4.69) is 0 Å². The number of fused-ring (bicyclic) bond motifs is 1. The first kappa shape index (κ1) is 9.66. The Morgan fingerprint density at radius 1 is 1.19 bits per heavy atom. The van der Waals surface area contributed by atoms with E-state index < -0.39 is 0 Å². The second-order valence-electron chi connectivity index (χ2n) is 3.96. The second kappa shape index (κ2) is 3.79. The van der Waals surface area contributed by atoms with Gasteiger partial charge >= 0.3 is 0 Å². The van der Waals surface area contributed by atoms with Crippen molar-refractivity contribution in [1.29, 1.82) is 0 Å². The Balaban J connectivity index is 1.86. The van der Waals surface area contributed by atoms with Crippen LogP contribution in [0.25, 0.3) is 0 Å². The van der Waals surface area contributed by atoms with Gasteiger partial charge in [0.2, 0.25) is 6.79 Å². The van der Waals surface area contributed by atoms with Crippen LogP contribution in [-0.4, -0.2) is 19.2 Å². The summed E-state index contributed by atoms with van der Waals surface area (Å²) in [6, 6.07) is 5.68. The summed E-state index contributed by atoms with van der Waals surface area (Å²) in [6.07, 6.45) is 0.858. The Morgan fingerprint density at radius 2 is 2.06 bits per heavy atom. The van der Waals surface area contributed by atoms with Crippen molar-refractivity contribution in [2.45, 2.75) is 18.9 Å². The summed E-state index contributed by atoms with van der Waals surface area (Å²) in [6.45, 7) is 0.779. The number of ether oxygens (including phenoxy) is 3. The lowest BCUT2D eigenvalue weighted by Gasteiger charge is -2.22. The molecule has 4 nitrogen and oxygen atoms in total. The van der Waals surface area contributed by atoms with Gasteiger partial charge in [0, 0.05) is 12.8 Å². The van der Waals surface area contributed by atoms with Crippen LogP contribution in [0.2, 0.25) is 0 Å². The molecule has 84 valence electrons. The number of Topliss-reactive ketones (excluding diaryl/α,β-unsaturated/α-hetero) is 1. The van der Waals surface area contributed by atoms with Crippen molar-refractivity contribution < 1.29 is 19.0 Å². The lowest BCUT2D eigenvalue weighted by Crippen LogP contribution is -2.19. The predicted octanol–water partition coefficient (Wildman–Crippen LogP) is 1.84. The fourth-order valence-corrected chi connectivity index (χ4v) is 2.01. The maximum Gasteiger partial charge on any atom is 0.231 e. The van der Waals surface area contributed by atoms with Crippen LogP contribution in [0.3, 0.4) is 0 Å². The molecule has 1 fully saturated rings. The lowest BCUT2D eigenvalue weighted by atomic mass is 10.0. The van der Waals surface area contributed by atoms with E-state index in [0.717, 1.165) is 17.1 Å². The molecule has 1 atom stereocenters. The SMILES string of the molecule is O=C1CCOC(c2ccc3c(c2)OCO3)C1. The molecule has 1 aromatic carbocycles. The van der Waals surface area contributed by atoms with E-state index in [1.54, 1.807) is 0 Å². The van der Waals surface area contributed by atoms with Crippen molar-refractivity contribution in [2.75, 3.05) is 13.4 Å². The van der Waals surface area contributed by atoms with Crippen molar-refractivity contribution in [1.82, 2.24) is 0 Å². The minimum Gasteiger partial charge on any atom is -0.454 e. The molecule has 1 unspecified atom stereocenters. The van der Waals surface area contributed by atoms with Crippen LogP contribution in [0.15, 0.2) is 18.2 Å². The molecule has 16 heavy (non-hydrogen) atoms. The van der Waals surface area contributed by atoms with E-state index in [-0.39, 0.29) is 18.7 Å². The number of hydrogen-bond donors (Lipinski definition) is 0. The average molecular weight is 220 g/mol. The molecule has 1 saturated heterocycles. The molecule has 1 aromatic rings. The van der Waals surface area contributed by atoms with Crippen LogP contribution < -0.4 is 9.47 Å². The molecule has 0 N–H and O–H groups in total. The van der Waals surface area contributed by atoms with Crippen molar-refractivity contribution in [3.05, 3.63) is 23.8 Å². The first-order chi connectivity index (χ1) is 7.83. The highest BCUT2D eigenvalue weighted by atomic mass is 16.7. The largest absolute Gasteiger partial charge is 0.454 e. The molecule has 2 heterocycles.